The van der Waals surface area contributed by atoms with Crippen molar-refractivity contribution in [2.45, 2.75) is 37.8 Å². The van der Waals surface area contributed by atoms with Gasteiger partial charge in [-0.15, -0.1) is 0 Å². The van der Waals surface area contributed by atoms with Crippen LogP contribution in [-0.2, 0) is 14.8 Å². The summed E-state index contributed by atoms with van der Waals surface area (Å²) in [5.41, 5.74) is 1.57. The molecular weight excluding hydrogens is 364 g/mol. The third-order valence-corrected chi connectivity index (χ3v) is 6.33. The second kappa shape index (κ2) is 7.70. The predicted molar refractivity (Wildman–Crippen MR) is 103 cm³/mol. The summed E-state index contributed by atoms with van der Waals surface area (Å²) >= 11 is 0. The largest absolute Gasteiger partial charge is 0.491 e. The molecule has 2 aromatic rings. The third-order valence-electron chi connectivity index (χ3n) is 4.45. The first kappa shape index (κ1) is 19.4. The molecule has 0 aromatic heterocycles. The fourth-order valence-corrected chi connectivity index (χ4v) is 4.76. The van der Waals surface area contributed by atoms with Gasteiger partial charge >= 0.3 is 0 Å². The van der Waals surface area contributed by atoms with E-state index in [0.29, 0.717) is 11.3 Å². The number of amides is 1. The molecule has 1 heterocycles. The molecule has 0 aliphatic carbocycles. The summed E-state index contributed by atoms with van der Waals surface area (Å²) in [5.74, 6) is 0.301. The number of sulfonamides is 1. The van der Waals surface area contributed by atoms with E-state index in [1.54, 1.807) is 18.2 Å². The Bertz CT molecular complexity index is 923. The number of hydrogen-bond donors (Lipinski definition) is 1. The maximum Gasteiger partial charge on any atom is 0.244 e. The van der Waals surface area contributed by atoms with Crippen LogP contribution in [0.1, 0.15) is 31.0 Å². The lowest BCUT2D eigenvalue weighted by Crippen LogP contribution is -2.52. The molecule has 6 nitrogen and oxygen atoms in total. The highest BCUT2D eigenvalue weighted by atomic mass is 32.2. The molecule has 1 atom stereocenters. The summed E-state index contributed by atoms with van der Waals surface area (Å²) in [6.07, 6.45) is 0.00341. The Hall–Kier alpha value is -2.38. The highest BCUT2D eigenvalue weighted by molar-refractivity contribution is 7.89. The van der Waals surface area contributed by atoms with E-state index < -0.39 is 16.1 Å². The van der Waals surface area contributed by atoms with Crippen LogP contribution in [0.15, 0.2) is 53.4 Å². The Morgan fingerprint density at radius 1 is 1.11 bits per heavy atom. The van der Waals surface area contributed by atoms with Crippen LogP contribution in [0.25, 0.3) is 0 Å². The van der Waals surface area contributed by atoms with Crippen LogP contribution in [0.3, 0.4) is 0 Å². The number of aryl methyl sites for hydroxylation is 1. The average molecular weight is 388 g/mol. The summed E-state index contributed by atoms with van der Waals surface area (Å²) < 4.78 is 33.4. The molecule has 1 amide bonds. The molecule has 2 aromatic carbocycles. The summed E-state index contributed by atoms with van der Waals surface area (Å²) in [4.78, 5) is 12.7. The zero-order chi connectivity index (χ0) is 19.6. The maximum atomic E-state index is 13.3. The molecule has 0 bridgehead atoms. The van der Waals surface area contributed by atoms with Crippen molar-refractivity contribution in [2.75, 3.05) is 13.1 Å². The van der Waals surface area contributed by atoms with Gasteiger partial charge in [-0.05, 0) is 56.2 Å². The minimum atomic E-state index is -3.84. The highest BCUT2D eigenvalue weighted by Gasteiger charge is 2.40. The number of piperazine rings is 1. The SMILES string of the molecule is Cc1ccccc1C1C(=O)NCCN1S(=O)(=O)c1ccc(OC(C)C)cc1. The first-order valence-electron chi connectivity index (χ1n) is 8.92. The first-order chi connectivity index (χ1) is 12.8. The number of nitrogens with one attached hydrogen (secondary N) is 1. The maximum absolute atomic E-state index is 13.3. The van der Waals surface area contributed by atoms with Crippen molar-refractivity contribution in [3.63, 3.8) is 0 Å². The van der Waals surface area contributed by atoms with Gasteiger partial charge in [-0.25, -0.2) is 8.42 Å². The molecule has 27 heavy (non-hydrogen) atoms. The minimum Gasteiger partial charge on any atom is -0.491 e. The zero-order valence-corrected chi connectivity index (χ0v) is 16.5. The van der Waals surface area contributed by atoms with Crippen LogP contribution in [0.2, 0.25) is 0 Å². The number of carbonyl (C=O) groups is 1. The smallest absolute Gasteiger partial charge is 0.244 e. The number of ether oxygens (including phenoxy) is 1. The summed E-state index contributed by atoms with van der Waals surface area (Å²) in [7, 11) is -3.84. The van der Waals surface area contributed by atoms with E-state index >= 15 is 0 Å². The van der Waals surface area contributed by atoms with Crippen LogP contribution >= 0.6 is 0 Å². The van der Waals surface area contributed by atoms with Gasteiger partial charge in [-0.2, -0.15) is 4.31 Å². The molecule has 1 saturated heterocycles. The van der Waals surface area contributed by atoms with Gasteiger partial charge < -0.3 is 10.1 Å². The normalized spacial score (nSPS) is 18.4. The predicted octanol–water partition coefficient (Wildman–Crippen LogP) is 2.64. The van der Waals surface area contributed by atoms with Gasteiger partial charge in [0.1, 0.15) is 11.8 Å². The number of rotatable bonds is 5. The van der Waals surface area contributed by atoms with Crippen LogP contribution in [0, 0.1) is 6.92 Å². The number of carbonyl (C=O) groups excluding carboxylic acids is 1. The quantitative estimate of drug-likeness (QED) is 0.854. The second-order valence-corrected chi connectivity index (χ2v) is 8.69. The Morgan fingerprint density at radius 2 is 1.78 bits per heavy atom. The van der Waals surface area contributed by atoms with Crippen LogP contribution in [0.4, 0.5) is 0 Å². The molecule has 0 spiro atoms. The Labute approximate surface area is 160 Å². The van der Waals surface area contributed by atoms with Crippen molar-refractivity contribution >= 4 is 15.9 Å². The van der Waals surface area contributed by atoms with E-state index in [1.165, 1.54) is 16.4 Å². The molecule has 1 aliphatic heterocycles. The molecule has 1 fully saturated rings. The molecular formula is C20H24N2O4S. The van der Waals surface area contributed by atoms with Crippen molar-refractivity contribution in [3.05, 3.63) is 59.7 Å². The lowest BCUT2D eigenvalue weighted by atomic mass is 9.99. The van der Waals surface area contributed by atoms with Crippen molar-refractivity contribution < 1.29 is 17.9 Å². The van der Waals surface area contributed by atoms with E-state index in [0.717, 1.165) is 5.56 Å². The molecule has 0 radical (unpaired) electrons. The van der Waals surface area contributed by atoms with Crippen molar-refractivity contribution in [2.24, 2.45) is 0 Å². The minimum absolute atomic E-state index is 0.00341. The molecule has 0 saturated carbocycles. The van der Waals surface area contributed by atoms with Gasteiger partial charge in [0.2, 0.25) is 15.9 Å². The zero-order valence-electron chi connectivity index (χ0n) is 15.7. The van der Waals surface area contributed by atoms with Crippen LogP contribution in [0.5, 0.6) is 5.75 Å². The molecule has 7 heteroatoms. The van der Waals surface area contributed by atoms with Gasteiger partial charge in [-0.3, -0.25) is 4.79 Å². The van der Waals surface area contributed by atoms with Crippen molar-refractivity contribution in [1.29, 1.82) is 0 Å². The average Bonchev–Trinajstić information content (AvgIpc) is 2.62. The van der Waals surface area contributed by atoms with E-state index in [1.807, 2.05) is 39.0 Å². The fourth-order valence-electron chi connectivity index (χ4n) is 3.19. The summed E-state index contributed by atoms with van der Waals surface area (Å²) in [5, 5.41) is 2.78. The Morgan fingerprint density at radius 3 is 2.41 bits per heavy atom. The van der Waals surface area contributed by atoms with Gasteiger partial charge in [0, 0.05) is 13.1 Å². The molecule has 1 N–H and O–H groups in total. The van der Waals surface area contributed by atoms with E-state index in [4.69, 9.17) is 4.74 Å². The van der Waals surface area contributed by atoms with Gasteiger partial charge in [0.05, 0.1) is 11.0 Å². The molecule has 144 valence electrons. The topological polar surface area (TPSA) is 75.7 Å². The van der Waals surface area contributed by atoms with Gasteiger partial charge in [0.25, 0.3) is 0 Å². The van der Waals surface area contributed by atoms with Crippen LogP contribution in [-0.4, -0.2) is 37.8 Å². The van der Waals surface area contributed by atoms with Gasteiger partial charge in [-0.1, -0.05) is 24.3 Å². The standard InChI is InChI=1S/C20H24N2O4S/c1-14(2)26-16-8-10-17(11-9-16)27(24,25)22-13-12-21-20(23)19(22)18-7-5-4-6-15(18)3/h4-11,14,19H,12-13H2,1-3H3,(H,21,23). The monoisotopic (exact) mass is 388 g/mol. The van der Waals surface area contributed by atoms with E-state index in [-0.39, 0.29) is 30.0 Å². The third kappa shape index (κ3) is 3.99. The second-order valence-electron chi connectivity index (χ2n) is 6.80. The number of benzene rings is 2. The summed E-state index contributed by atoms with van der Waals surface area (Å²) in [6, 6.07) is 12.8. The lowest BCUT2D eigenvalue weighted by Gasteiger charge is -2.35. The van der Waals surface area contributed by atoms with E-state index in [9.17, 15) is 13.2 Å². The number of nitrogens with zero attached hydrogens (tertiary/aromatic N) is 1. The molecule has 1 unspecified atom stereocenters. The molecule has 3 rings (SSSR count). The van der Waals surface area contributed by atoms with Gasteiger partial charge in [0.15, 0.2) is 0 Å². The first-order valence-corrected chi connectivity index (χ1v) is 10.4. The van der Waals surface area contributed by atoms with E-state index in [2.05, 4.69) is 5.32 Å². The lowest BCUT2D eigenvalue weighted by molar-refractivity contribution is -0.126. The van der Waals surface area contributed by atoms with Crippen molar-refractivity contribution in [3.8, 4) is 5.75 Å². The fraction of sp³-hybridized carbons (Fsp3) is 0.350. The molecule has 1 aliphatic rings. The van der Waals surface area contributed by atoms with Crippen molar-refractivity contribution in [1.82, 2.24) is 9.62 Å². The Kier molecular flexibility index (Phi) is 5.53. The number of hydrogen-bond acceptors (Lipinski definition) is 4. The summed E-state index contributed by atoms with van der Waals surface area (Å²) in [6.45, 7) is 6.19. The highest BCUT2D eigenvalue weighted by Crippen LogP contribution is 2.31. The Balaban J connectivity index is 1.98. The van der Waals surface area contributed by atoms with Crippen LogP contribution < -0.4 is 10.1 Å².